The summed E-state index contributed by atoms with van der Waals surface area (Å²) in [6, 6.07) is 5.28. The first kappa shape index (κ1) is 9.62. The lowest BCUT2D eigenvalue weighted by Gasteiger charge is -2.21. The number of H-pyrrole nitrogens is 1. The molecule has 1 saturated heterocycles. The van der Waals surface area contributed by atoms with Crippen LogP contribution in [0.5, 0.6) is 0 Å². The van der Waals surface area contributed by atoms with Crippen LogP contribution in [0.4, 0.5) is 0 Å². The maximum Gasteiger partial charge on any atom is 0.417 e. The quantitative estimate of drug-likeness (QED) is 0.646. The summed E-state index contributed by atoms with van der Waals surface area (Å²) in [5.41, 5.74) is 1.12. The van der Waals surface area contributed by atoms with Gasteiger partial charge in [-0.05, 0) is 30.7 Å². The van der Waals surface area contributed by atoms with E-state index in [1.54, 1.807) is 18.2 Å². The third kappa shape index (κ3) is 1.36. The van der Waals surface area contributed by atoms with Crippen molar-refractivity contribution in [1.29, 1.82) is 0 Å². The molecule has 0 radical (unpaired) electrons. The van der Waals surface area contributed by atoms with E-state index in [-0.39, 0.29) is 0 Å². The largest absolute Gasteiger partial charge is 0.417 e. The van der Waals surface area contributed by atoms with Gasteiger partial charge in [0.25, 0.3) is 0 Å². The van der Waals surface area contributed by atoms with E-state index in [0.29, 0.717) is 24.1 Å². The van der Waals surface area contributed by atoms with E-state index >= 15 is 0 Å². The lowest BCUT2D eigenvalue weighted by atomic mass is 9.93. The first-order valence-electron chi connectivity index (χ1n) is 5.24. The second kappa shape index (κ2) is 3.20. The molecule has 3 rings (SSSR count). The van der Waals surface area contributed by atoms with Gasteiger partial charge in [0.05, 0.1) is 5.52 Å². The van der Waals surface area contributed by atoms with Gasteiger partial charge in [0.15, 0.2) is 5.58 Å². The van der Waals surface area contributed by atoms with Crippen molar-refractivity contribution in [2.75, 3.05) is 13.1 Å². The topological polar surface area (TPSA) is 78.3 Å². The van der Waals surface area contributed by atoms with Crippen LogP contribution in [0, 0.1) is 0 Å². The molecule has 2 heterocycles. The van der Waals surface area contributed by atoms with Crippen LogP contribution in [0.3, 0.4) is 0 Å². The van der Waals surface area contributed by atoms with Crippen LogP contribution in [0.2, 0.25) is 0 Å². The Morgan fingerprint density at radius 3 is 3.06 bits per heavy atom. The second-order valence-corrected chi connectivity index (χ2v) is 4.18. The van der Waals surface area contributed by atoms with Gasteiger partial charge in [-0.3, -0.25) is 4.98 Å². The van der Waals surface area contributed by atoms with E-state index in [1.807, 2.05) is 0 Å². The number of hydrogen-bond acceptors (Lipinski definition) is 4. The third-order valence-corrected chi connectivity index (χ3v) is 3.09. The van der Waals surface area contributed by atoms with Crippen LogP contribution in [0.15, 0.2) is 27.4 Å². The molecule has 1 unspecified atom stereocenters. The van der Waals surface area contributed by atoms with Crippen molar-refractivity contribution >= 4 is 11.1 Å². The Morgan fingerprint density at radius 2 is 2.31 bits per heavy atom. The summed E-state index contributed by atoms with van der Waals surface area (Å²) in [4.78, 5) is 13.6. The molecule has 0 saturated carbocycles. The van der Waals surface area contributed by atoms with Crippen molar-refractivity contribution < 1.29 is 9.52 Å². The zero-order chi connectivity index (χ0) is 11.2. The number of hydrogen-bond donors (Lipinski definition) is 3. The molecule has 3 N–H and O–H groups in total. The van der Waals surface area contributed by atoms with E-state index in [4.69, 9.17) is 4.42 Å². The van der Waals surface area contributed by atoms with Gasteiger partial charge in [0, 0.05) is 6.54 Å². The van der Waals surface area contributed by atoms with Crippen LogP contribution >= 0.6 is 0 Å². The molecule has 5 nitrogen and oxygen atoms in total. The van der Waals surface area contributed by atoms with Gasteiger partial charge in [-0.2, -0.15) is 0 Å². The first-order valence-corrected chi connectivity index (χ1v) is 5.24. The molecule has 1 aromatic carbocycles. The zero-order valence-corrected chi connectivity index (χ0v) is 8.62. The molecule has 0 spiro atoms. The minimum atomic E-state index is -0.831. The standard InChI is InChI=1S/C11H12N2O3/c14-10-13-8-5-7(1-2-9(8)16-10)11(15)3-4-12-6-11/h1-2,5,12,15H,3-4,6H2,(H,13,14). The minimum absolute atomic E-state index is 0.469. The van der Waals surface area contributed by atoms with Gasteiger partial charge >= 0.3 is 5.76 Å². The molecule has 1 fully saturated rings. The Morgan fingerprint density at radius 1 is 1.44 bits per heavy atom. The molecule has 16 heavy (non-hydrogen) atoms. The van der Waals surface area contributed by atoms with Crippen LogP contribution in [-0.4, -0.2) is 23.2 Å². The fourth-order valence-electron chi connectivity index (χ4n) is 2.17. The van der Waals surface area contributed by atoms with Crippen molar-refractivity contribution in [2.45, 2.75) is 12.0 Å². The van der Waals surface area contributed by atoms with Crippen molar-refractivity contribution in [3.8, 4) is 0 Å². The van der Waals surface area contributed by atoms with Crippen LogP contribution in [0.1, 0.15) is 12.0 Å². The predicted molar refractivity (Wildman–Crippen MR) is 58.2 cm³/mol. The Labute approximate surface area is 91.1 Å². The number of aromatic amines is 1. The highest BCUT2D eigenvalue weighted by molar-refractivity contribution is 5.73. The van der Waals surface area contributed by atoms with Crippen molar-refractivity contribution in [2.24, 2.45) is 0 Å². The molecule has 0 bridgehead atoms. The molecular weight excluding hydrogens is 208 g/mol. The number of benzene rings is 1. The van der Waals surface area contributed by atoms with Gasteiger partial charge in [-0.1, -0.05) is 6.07 Å². The molecule has 1 atom stereocenters. The average Bonchev–Trinajstić information content (AvgIpc) is 2.82. The maximum atomic E-state index is 11.0. The van der Waals surface area contributed by atoms with Crippen molar-refractivity contribution in [1.82, 2.24) is 10.3 Å². The number of oxazole rings is 1. The number of aliphatic hydroxyl groups is 1. The first-order chi connectivity index (χ1) is 7.67. The molecule has 2 aromatic rings. The summed E-state index contributed by atoms with van der Waals surface area (Å²) in [6.07, 6.45) is 0.681. The Hall–Kier alpha value is -1.59. The van der Waals surface area contributed by atoms with Gasteiger partial charge in [0.1, 0.15) is 5.60 Å². The molecule has 84 valence electrons. The van der Waals surface area contributed by atoms with E-state index in [9.17, 15) is 9.90 Å². The molecule has 5 heteroatoms. The Kier molecular flexibility index (Phi) is 1.92. The summed E-state index contributed by atoms with van der Waals surface area (Å²) in [5, 5.41) is 13.5. The van der Waals surface area contributed by atoms with E-state index in [2.05, 4.69) is 10.3 Å². The van der Waals surface area contributed by atoms with Gasteiger partial charge in [-0.15, -0.1) is 0 Å². The van der Waals surface area contributed by atoms with Gasteiger partial charge in [0.2, 0.25) is 0 Å². The summed E-state index contributed by atoms with van der Waals surface area (Å²) in [6.45, 7) is 1.34. The third-order valence-electron chi connectivity index (χ3n) is 3.09. The molecule has 1 aliphatic heterocycles. The minimum Gasteiger partial charge on any atom is -0.408 e. The van der Waals surface area contributed by atoms with E-state index in [1.165, 1.54) is 0 Å². The predicted octanol–water partition coefficient (Wildman–Crippen LogP) is 0.302. The number of aromatic nitrogens is 1. The summed E-state index contributed by atoms with van der Waals surface area (Å²) in [7, 11) is 0. The highest BCUT2D eigenvalue weighted by atomic mass is 16.4. The summed E-state index contributed by atoms with van der Waals surface area (Å²) >= 11 is 0. The Bertz CT molecular complexity index is 578. The van der Waals surface area contributed by atoms with Crippen molar-refractivity contribution in [3.05, 3.63) is 34.3 Å². The molecule has 0 amide bonds. The summed E-state index contributed by atoms with van der Waals surface area (Å²) < 4.78 is 4.91. The highest BCUT2D eigenvalue weighted by Crippen LogP contribution is 2.29. The SMILES string of the molecule is O=c1[nH]c2cc(C3(O)CCNC3)ccc2o1. The molecule has 1 aromatic heterocycles. The molecule has 0 aliphatic carbocycles. The molecular formula is C11H12N2O3. The number of nitrogens with one attached hydrogen (secondary N) is 2. The van der Waals surface area contributed by atoms with Crippen LogP contribution in [-0.2, 0) is 5.60 Å². The van der Waals surface area contributed by atoms with Crippen LogP contribution in [0.25, 0.3) is 11.1 Å². The lowest BCUT2D eigenvalue weighted by molar-refractivity contribution is 0.0589. The fourth-order valence-corrected chi connectivity index (χ4v) is 2.17. The highest BCUT2D eigenvalue weighted by Gasteiger charge is 2.33. The van der Waals surface area contributed by atoms with Gasteiger partial charge < -0.3 is 14.8 Å². The smallest absolute Gasteiger partial charge is 0.408 e. The lowest BCUT2D eigenvalue weighted by Crippen LogP contribution is -2.28. The van der Waals surface area contributed by atoms with E-state index in [0.717, 1.165) is 12.1 Å². The second-order valence-electron chi connectivity index (χ2n) is 4.18. The maximum absolute atomic E-state index is 11.0. The Balaban J connectivity index is 2.14. The van der Waals surface area contributed by atoms with Crippen molar-refractivity contribution in [3.63, 3.8) is 0 Å². The summed E-state index contributed by atoms with van der Waals surface area (Å²) in [5.74, 6) is -0.469. The number of fused-ring (bicyclic) bond motifs is 1. The number of rotatable bonds is 1. The molecule has 1 aliphatic rings. The van der Waals surface area contributed by atoms with E-state index < -0.39 is 11.4 Å². The van der Waals surface area contributed by atoms with Gasteiger partial charge in [-0.25, -0.2) is 4.79 Å². The zero-order valence-electron chi connectivity index (χ0n) is 8.62. The van der Waals surface area contributed by atoms with Crippen LogP contribution < -0.4 is 11.1 Å². The average molecular weight is 220 g/mol. The monoisotopic (exact) mass is 220 g/mol. The number of β-amino-alcohol motifs (C(OH)–C–C–N with tert-alkyl or cyclic N) is 1. The normalized spacial score (nSPS) is 25.3. The fraction of sp³-hybridized carbons (Fsp3) is 0.364.